The number of rotatable bonds is 1. The van der Waals surface area contributed by atoms with Crippen LogP contribution in [0.1, 0.15) is 5.56 Å². The maximum absolute atomic E-state index is 5.86. The van der Waals surface area contributed by atoms with Crippen LogP contribution in [0.2, 0.25) is 5.15 Å². The molecular weight excluding hydrogens is 244 g/mol. The fraction of sp³-hybridized carbons (Fsp3) is 0.100. The van der Waals surface area contributed by atoms with E-state index in [1.165, 1.54) is 5.56 Å². The topological polar surface area (TPSA) is 43.1 Å². The lowest BCUT2D eigenvalue weighted by molar-refractivity contribution is 0.936. The minimum atomic E-state index is 0.432. The van der Waals surface area contributed by atoms with E-state index in [1.54, 1.807) is 28.0 Å². The average molecular weight is 251 g/mol. The predicted molar refractivity (Wildman–Crippen MR) is 63.8 cm³/mol. The highest BCUT2D eigenvalue weighted by molar-refractivity contribution is 7.08. The Hall–Kier alpha value is -1.46. The molecule has 0 aliphatic carbocycles. The van der Waals surface area contributed by atoms with Crippen molar-refractivity contribution in [2.45, 2.75) is 6.92 Å². The zero-order chi connectivity index (χ0) is 11.1. The van der Waals surface area contributed by atoms with Gasteiger partial charge in [-0.25, -0.2) is 0 Å². The van der Waals surface area contributed by atoms with E-state index in [-0.39, 0.29) is 0 Å². The molecule has 4 nitrogen and oxygen atoms in total. The van der Waals surface area contributed by atoms with Gasteiger partial charge < -0.3 is 0 Å². The van der Waals surface area contributed by atoms with Crippen molar-refractivity contribution in [3.63, 3.8) is 0 Å². The first-order valence-corrected chi connectivity index (χ1v) is 5.99. The molecule has 80 valence electrons. The Labute approximate surface area is 101 Å². The second-order valence-electron chi connectivity index (χ2n) is 3.42. The summed E-state index contributed by atoms with van der Waals surface area (Å²) in [4.78, 5) is 0. The maximum Gasteiger partial charge on any atom is 0.186 e. The molecule has 0 saturated carbocycles. The summed E-state index contributed by atoms with van der Waals surface area (Å²) in [5.74, 6) is 0.733. The Morgan fingerprint density at radius 3 is 2.88 bits per heavy atom. The summed E-state index contributed by atoms with van der Waals surface area (Å²) in [6.45, 7) is 2.04. The van der Waals surface area contributed by atoms with Crippen LogP contribution in [0, 0.1) is 6.92 Å². The van der Waals surface area contributed by atoms with Crippen LogP contribution >= 0.6 is 22.9 Å². The normalized spacial score (nSPS) is 11.1. The van der Waals surface area contributed by atoms with Gasteiger partial charge in [0.2, 0.25) is 0 Å². The molecule has 0 N–H and O–H groups in total. The lowest BCUT2D eigenvalue weighted by Gasteiger charge is -1.97. The second-order valence-corrected chi connectivity index (χ2v) is 4.55. The van der Waals surface area contributed by atoms with Crippen LogP contribution in [0.25, 0.3) is 17.0 Å². The summed E-state index contributed by atoms with van der Waals surface area (Å²) < 4.78 is 1.66. The van der Waals surface area contributed by atoms with Gasteiger partial charge in [0, 0.05) is 10.9 Å². The summed E-state index contributed by atoms with van der Waals surface area (Å²) in [6, 6.07) is 3.50. The first-order valence-electron chi connectivity index (χ1n) is 4.67. The van der Waals surface area contributed by atoms with Crippen molar-refractivity contribution in [2.75, 3.05) is 0 Å². The Balaban J connectivity index is 2.32. The summed E-state index contributed by atoms with van der Waals surface area (Å²) >= 11 is 7.50. The van der Waals surface area contributed by atoms with Crippen molar-refractivity contribution in [1.82, 2.24) is 19.8 Å². The van der Waals surface area contributed by atoms with Gasteiger partial charge in [-0.1, -0.05) is 11.6 Å². The van der Waals surface area contributed by atoms with Gasteiger partial charge in [0.25, 0.3) is 0 Å². The fourth-order valence-corrected chi connectivity index (χ4v) is 2.49. The van der Waals surface area contributed by atoms with E-state index in [0.29, 0.717) is 10.8 Å². The van der Waals surface area contributed by atoms with Crippen LogP contribution in [0.5, 0.6) is 0 Å². The van der Waals surface area contributed by atoms with E-state index < -0.39 is 0 Å². The molecule has 16 heavy (non-hydrogen) atoms. The van der Waals surface area contributed by atoms with E-state index in [2.05, 4.69) is 20.7 Å². The number of hydrogen-bond donors (Lipinski definition) is 0. The number of halogens is 1. The summed E-state index contributed by atoms with van der Waals surface area (Å²) in [5, 5.41) is 16.9. The lowest BCUT2D eigenvalue weighted by Crippen LogP contribution is -1.94. The highest BCUT2D eigenvalue weighted by Gasteiger charge is 2.12. The third-order valence-corrected chi connectivity index (χ3v) is 3.39. The molecule has 0 unspecified atom stereocenters. The minimum absolute atomic E-state index is 0.432. The molecule has 3 rings (SSSR count). The van der Waals surface area contributed by atoms with Crippen LogP contribution in [0.3, 0.4) is 0 Å². The Kier molecular flexibility index (Phi) is 2.15. The van der Waals surface area contributed by atoms with Gasteiger partial charge in [0.15, 0.2) is 11.5 Å². The van der Waals surface area contributed by atoms with Crippen molar-refractivity contribution in [3.05, 3.63) is 33.6 Å². The van der Waals surface area contributed by atoms with Crippen LogP contribution in [-0.4, -0.2) is 19.8 Å². The molecule has 0 aromatic carbocycles. The molecule has 3 aromatic rings. The monoisotopic (exact) mass is 250 g/mol. The molecular formula is C10H7ClN4S. The number of aryl methyl sites for hydroxylation is 1. The Morgan fingerprint density at radius 1 is 1.25 bits per heavy atom. The fourth-order valence-electron chi connectivity index (χ4n) is 1.52. The van der Waals surface area contributed by atoms with Crippen molar-refractivity contribution < 1.29 is 0 Å². The molecule has 0 spiro atoms. The van der Waals surface area contributed by atoms with Crippen LogP contribution in [0.15, 0.2) is 22.9 Å². The second kappa shape index (κ2) is 3.54. The number of nitrogens with zero attached hydrogens (tertiary/aromatic N) is 4. The third kappa shape index (κ3) is 1.40. The third-order valence-electron chi connectivity index (χ3n) is 2.33. The van der Waals surface area contributed by atoms with E-state index >= 15 is 0 Å². The van der Waals surface area contributed by atoms with Gasteiger partial charge in [0.1, 0.15) is 5.15 Å². The van der Waals surface area contributed by atoms with Crippen molar-refractivity contribution in [2.24, 2.45) is 0 Å². The molecule has 6 heteroatoms. The predicted octanol–water partition coefficient (Wildman–Crippen LogP) is 2.81. The lowest BCUT2D eigenvalue weighted by atomic mass is 10.2. The number of hydrogen-bond acceptors (Lipinski definition) is 4. The minimum Gasteiger partial charge on any atom is -0.191 e. The van der Waals surface area contributed by atoms with Crippen molar-refractivity contribution in [1.29, 1.82) is 0 Å². The standard InChI is InChI=1S/C10H7ClN4S/c1-6-4-16-5-7(6)10-13-12-9-3-2-8(11)14-15(9)10/h2-5H,1H3. The zero-order valence-electron chi connectivity index (χ0n) is 8.38. The first-order chi connectivity index (χ1) is 7.75. The Bertz CT molecular complexity index is 658. The SMILES string of the molecule is Cc1cscc1-c1nnc2ccc(Cl)nn12. The number of aromatic nitrogens is 4. The Morgan fingerprint density at radius 2 is 2.12 bits per heavy atom. The molecule has 0 atom stereocenters. The van der Waals surface area contributed by atoms with Gasteiger partial charge >= 0.3 is 0 Å². The summed E-state index contributed by atoms with van der Waals surface area (Å²) in [5.41, 5.74) is 2.92. The highest BCUT2D eigenvalue weighted by Crippen LogP contribution is 2.25. The zero-order valence-corrected chi connectivity index (χ0v) is 9.96. The molecule has 0 fully saturated rings. The van der Waals surface area contributed by atoms with Crippen LogP contribution in [0.4, 0.5) is 0 Å². The van der Waals surface area contributed by atoms with E-state index in [1.807, 2.05) is 12.3 Å². The molecule has 0 aliphatic rings. The van der Waals surface area contributed by atoms with Gasteiger partial charge in [-0.15, -0.1) is 10.2 Å². The van der Waals surface area contributed by atoms with Gasteiger partial charge in [-0.2, -0.15) is 21.0 Å². The molecule has 3 heterocycles. The average Bonchev–Trinajstić information content (AvgIpc) is 2.83. The van der Waals surface area contributed by atoms with Crippen molar-refractivity contribution in [3.8, 4) is 11.4 Å². The van der Waals surface area contributed by atoms with Gasteiger partial charge in [0.05, 0.1) is 0 Å². The van der Waals surface area contributed by atoms with Crippen LogP contribution < -0.4 is 0 Å². The largest absolute Gasteiger partial charge is 0.191 e. The quantitative estimate of drug-likeness (QED) is 0.667. The molecule has 3 aromatic heterocycles. The maximum atomic E-state index is 5.86. The number of fused-ring (bicyclic) bond motifs is 1. The number of thiophene rings is 1. The van der Waals surface area contributed by atoms with E-state index in [4.69, 9.17) is 11.6 Å². The van der Waals surface area contributed by atoms with E-state index in [9.17, 15) is 0 Å². The molecule has 0 aliphatic heterocycles. The van der Waals surface area contributed by atoms with Gasteiger partial charge in [-0.05, 0) is 30.0 Å². The molecule has 0 saturated heterocycles. The summed E-state index contributed by atoms with van der Waals surface area (Å²) in [7, 11) is 0. The first kappa shape index (κ1) is 9.74. The van der Waals surface area contributed by atoms with Crippen molar-refractivity contribution >= 4 is 28.6 Å². The van der Waals surface area contributed by atoms with E-state index in [0.717, 1.165) is 11.4 Å². The molecule has 0 bridgehead atoms. The summed E-state index contributed by atoms with van der Waals surface area (Å²) in [6.07, 6.45) is 0. The molecule has 0 radical (unpaired) electrons. The van der Waals surface area contributed by atoms with Crippen LogP contribution in [-0.2, 0) is 0 Å². The van der Waals surface area contributed by atoms with Gasteiger partial charge in [-0.3, -0.25) is 0 Å². The smallest absolute Gasteiger partial charge is 0.186 e. The highest BCUT2D eigenvalue weighted by atomic mass is 35.5. The molecule has 0 amide bonds.